The van der Waals surface area contributed by atoms with E-state index in [2.05, 4.69) is 35.3 Å². The Balaban J connectivity index is 1.80. The Morgan fingerprint density at radius 2 is 1.48 bits per heavy atom. The summed E-state index contributed by atoms with van der Waals surface area (Å²) in [6.07, 6.45) is 0. The molecule has 23 heavy (non-hydrogen) atoms. The molecule has 4 rings (SSSR count). The van der Waals surface area contributed by atoms with Crippen molar-refractivity contribution < 1.29 is 4.42 Å². The highest BCUT2D eigenvalue weighted by Crippen LogP contribution is 2.38. The normalized spacial score (nSPS) is 11.0. The van der Waals surface area contributed by atoms with E-state index in [1.54, 1.807) is 0 Å². The van der Waals surface area contributed by atoms with Gasteiger partial charge in [0.05, 0.1) is 0 Å². The van der Waals surface area contributed by atoms with Crippen LogP contribution in [0.5, 0.6) is 0 Å². The van der Waals surface area contributed by atoms with Gasteiger partial charge in [0, 0.05) is 16.8 Å². The van der Waals surface area contributed by atoms with Crippen LogP contribution >= 0.6 is 0 Å². The van der Waals surface area contributed by atoms with Gasteiger partial charge in [-0.3, -0.25) is 0 Å². The van der Waals surface area contributed by atoms with Crippen molar-refractivity contribution in [3.63, 3.8) is 0 Å². The van der Waals surface area contributed by atoms with Gasteiger partial charge in [0.25, 0.3) is 0 Å². The predicted octanol–water partition coefficient (Wildman–Crippen LogP) is 4.40. The van der Waals surface area contributed by atoms with E-state index in [1.165, 1.54) is 11.1 Å². The zero-order valence-corrected chi connectivity index (χ0v) is 12.7. The van der Waals surface area contributed by atoms with E-state index in [0.717, 1.165) is 16.7 Å². The van der Waals surface area contributed by atoms with Crippen molar-refractivity contribution in [2.75, 3.05) is 5.73 Å². The maximum Gasteiger partial charge on any atom is 0.248 e. The molecule has 2 N–H and O–H groups in total. The van der Waals surface area contributed by atoms with Crippen LogP contribution in [0.4, 0.5) is 5.69 Å². The van der Waals surface area contributed by atoms with Gasteiger partial charge in [0.1, 0.15) is 0 Å². The van der Waals surface area contributed by atoms with Gasteiger partial charge in [-0.05, 0) is 53.9 Å². The average molecular weight is 301 g/mol. The predicted molar refractivity (Wildman–Crippen MR) is 90.9 cm³/mol. The highest BCUT2D eigenvalue weighted by atomic mass is 16.4. The van der Waals surface area contributed by atoms with Crippen LogP contribution in [0.2, 0.25) is 0 Å². The van der Waals surface area contributed by atoms with E-state index in [1.807, 2.05) is 42.5 Å². The van der Waals surface area contributed by atoms with Gasteiger partial charge in [0.2, 0.25) is 11.8 Å². The number of rotatable bonds is 2. The summed E-state index contributed by atoms with van der Waals surface area (Å²) in [5.74, 6) is 1.02. The topological polar surface area (TPSA) is 64.9 Å². The fourth-order valence-electron chi connectivity index (χ4n) is 2.75. The summed E-state index contributed by atoms with van der Waals surface area (Å²) in [5, 5.41) is 8.39. The van der Waals surface area contributed by atoms with E-state index in [0.29, 0.717) is 17.5 Å². The summed E-state index contributed by atoms with van der Waals surface area (Å²) in [4.78, 5) is 0. The Morgan fingerprint density at radius 3 is 2.26 bits per heavy atom. The lowest BCUT2D eigenvalue weighted by molar-refractivity contribution is 0.585. The number of nitrogens with two attached hydrogens (primary N) is 1. The number of aromatic nitrogens is 2. The number of fused-ring (bicyclic) bond motifs is 1. The first kappa shape index (κ1) is 13.5. The van der Waals surface area contributed by atoms with Crippen LogP contribution in [0.15, 0.2) is 65.1 Å². The Hall–Kier alpha value is -3.14. The lowest BCUT2D eigenvalue weighted by Gasteiger charge is -1.97. The van der Waals surface area contributed by atoms with Crippen molar-refractivity contribution in [2.24, 2.45) is 0 Å². The molecule has 4 heteroatoms. The first-order chi connectivity index (χ1) is 11.2. The van der Waals surface area contributed by atoms with E-state index >= 15 is 0 Å². The molecule has 1 heterocycles. The molecule has 0 unspecified atom stereocenters. The van der Waals surface area contributed by atoms with Crippen molar-refractivity contribution in [3.8, 4) is 34.0 Å². The summed E-state index contributed by atoms with van der Waals surface area (Å²) in [6.45, 7) is 2.09. The number of hydrogen-bond acceptors (Lipinski definition) is 4. The molecule has 1 aromatic carbocycles. The SMILES string of the molecule is Cc1cc(-c2nnc(-c3ccc(N)cc3)o2)c2cccccc1-2. The van der Waals surface area contributed by atoms with E-state index < -0.39 is 0 Å². The second-order valence-corrected chi connectivity index (χ2v) is 5.51. The maximum atomic E-state index is 5.88. The molecule has 0 saturated carbocycles. The fraction of sp³-hybridized carbons (Fsp3) is 0.0526. The van der Waals surface area contributed by atoms with Gasteiger partial charge in [-0.2, -0.15) is 0 Å². The van der Waals surface area contributed by atoms with Crippen LogP contribution < -0.4 is 5.73 Å². The van der Waals surface area contributed by atoms with E-state index in [4.69, 9.17) is 10.2 Å². The molecular formula is C19H15N3O. The van der Waals surface area contributed by atoms with Crippen molar-refractivity contribution in [3.05, 3.63) is 66.2 Å². The van der Waals surface area contributed by atoms with Crippen LogP contribution in [0, 0.1) is 6.92 Å². The number of aryl methyl sites for hydroxylation is 1. The van der Waals surface area contributed by atoms with Crippen LogP contribution in [-0.4, -0.2) is 10.2 Å². The number of nitrogens with zero attached hydrogens (tertiary/aromatic N) is 2. The lowest BCUT2D eigenvalue weighted by atomic mass is 10.1. The Kier molecular flexibility index (Phi) is 3.08. The molecule has 0 aliphatic heterocycles. The molecule has 0 bridgehead atoms. The van der Waals surface area contributed by atoms with E-state index in [-0.39, 0.29) is 0 Å². The minimum atomic E-state index is 0.493. The van der Waals surface area contributed by atoms with Crippen LogP contribution in [0.3, 0.4) is 0 Å². The monoisotopic (exact) mass is 301 g/mol. The molecule has 4 nitrogen and oxygen atoms in total. The summed E-state index contributed by atoms with van der Waals surface area (Å²) in [7, 11) is 0. The number of anilines is 1. The third-order valence-corrected chi connectivity index (χ3v) is 3.93. The zero-order chi connectivity index (χ0) is 15.8. The third kappa shape index (κ3) is 2.34. The Labute approximate surface area is 133 Å². The highest BCUT2D eigenvalue weighted by Gasteiger charge is 2.18. The Morgan fingerprint density at radius 1 is 0.783 bits per heavy atom. The molecule has 0 atom stereocenters. The third-order valence-electron chi connectivity index (χ3n) is 3.93. The van der Waals surface area contributed by atoms with Gasteiger partial charge in [0.15, 0.2) is 0 Å². The molecule has 0 radical (unpaired) electrons. The molecule has 2 aliphatic rings. The zero-order valence-electron chi connectivity index (χ0n) is 12.7. The van der Waals surface area contributed by atoms with Crippen molar-refractivity contribution in [1.29, 1.82) is 0 Å². The summed E-state index contributed by atoms with van der Waals surface area (Å²) >= 11 is 0. The van der Waals surface area contributed by atoms with Crippen LogP contribution in [0.25, 0.3) is 34.0 Å². The summed E-state index contributed by atoms with van der Waals surface area (Å²) in [5.41, 5.74) is 11.7. The molecule has 0 fully saturated rings. The van der Waals surface area contributed by atoms with Crippen LogP contribution in [-0.2, 0) is 0 Å². The van der Waals surface area contributed by atoms with E-state index in [9.17, 15) is 0 Å². The smallest absolute Gasteiger partial charge is 0.248 e. The lowest BCUT2D eigenvalue weighted by Crippen LogP contribution is -1.83. The number of benzene rings is 1. The quantitative estimate of drug-likeness (QED) is 0.557. The van der Waals surface area contributed by atoms with Crippen LogP contribution in [0.1, 0.15) is 5.56 Å². The fourth-order valence-corrected chi connectivity index (χ4v) is 2.75. The summed E-state index contributed by atoms with van der Waals surface area (Å²) < 4.78 is 5.88. The largest absolute Gasteiger partial charge is 0.416 e. The second kappa shape index (κ2) is 5.25. The van der Waals surface area contributed by atoms with Gasteiger partial charge >= 0.3 is 0 Å². The van der Waals surface area contributed by atoms with Gasteiger partial charge < -0.3 is 10.2 Å². The standard InChI is InChI=1S/C19H15N3O/c1-12-11-17(16-6-4-2-3-5-15(12)16)19-22-21-18(23-19)13-7-9-14(20)10-8-13/h2-11H,20H2,1H3. The van der Waals surface area contributed by atoms with Gasteiger partial charge in [-0.1, -0.05) is 30.3 Å². The minimum absolute atomic E-state index is 0.493. The molecule has 0 spiro atoms. The maximum absolute atomic E-state index is 5.88. The number of nitrogen functional groups attached to an aromatic ring is 1. The Bertz CT molecular complexity index is 941. The molecule has 1 aromatic heterocycles. The molecular weight excluding hydrogens is 286 g/mol. The average Bonchev–Trinajstić information content (AvgIpc) is 3.06. The highest BCUT2D eigenvalue weighted by molar-refractivity contribution is 5.86. The number of hydrogen-bond donors (Lipinski definition) is 1. The van der Waals surface area contributed by atoms with Gasteiger partial charge in [-0.15, -0.1) is 10.2 Å². The molecule has 2 aromatic rings. The van der Waals surface area contributed by atoms with Crippen molar-refractivity contribution in [2.45, 2.75) is 6.92 Å². The summed E-state index contributed by atoms with van der Waals surface area (Å²) in [6, 6.07) is 19.7. The van der Waals surface area contributed by atoms with Crippen molar-refractivity contribution in [1.82, 2.24) is 10.2 Å². The molecule has 2 aliphatic carbocycles. The molecule has 0 saturated heterocycles. The first-order valence-corrected chi connectivity index (χ1v) is 7.40. The minimum Gasteiger partial charge on any atom is -0.416 e. The second-order valence-electron chi connectivity index (χ2n) is 5.51. The first-order valence-electron chi connectivity index (χ1n) is 7.40. The van der Waals surface area contributed by atoms with Crippen molar-refractivity contribution >= 4 is 5.69 Å². The molecule has 0 amide bonds. The molecule has 112 valence electrons. The van der Waals surface area contributed by atoms with Gasteiger partial charge in [-0.25, -0.2) is 0 Å².